The SMILES string of the molecule is COc1cc(-c2cn(C)c(=O)c3cnccc23)cc(OC)c1CN1CC(CC(=O)NC2CCCN(c3ccc4c(c3)C(=O)N(C3CCC(=O)NC3O)C4=O)C2)C1. The van der Waals surface area contributed by atoms with Crippen LogP contribution in [-0.2, 0) is 23.2 Å². The first-order valence-corrected chi connectivity index (χ1v) is 19.0. The number of carbonyl (C=O) groups is 4. The van der Waals surface area contributed by atoms with Crippen LogP contribution in [0.25, 0.3) is 21.9 Å². The Balaban J connectivity index is 0.867. The van der Waals surface area contributed by atoms with Crippen LogP contribution in [0.15, 0.2) is 59.8 Å². The standard InChI is InChI=1S/C41H45N7O8/c1-45-21-31(27-10-11-42-17-30(27)39(45)52)24-14-34(55-2)32(35(15-24)56-3)22-46-18-23(19-46)13-37(50)43-25-5-4-12-47(20-25)26-6-7-28-29(16-26)41(54)48(40(28)53)33-8-9-36(49)44-38(33)51/h6-7,10-11,14-17,21,23,25,33,38,51H,4-5,8-9,12-13,18-20,22H2,1-3H3,(H,43,50)(H,44,49). The summed E-state index contributed by atoms with van der Waals surface area (Å²) in [6.45, 7) is 3.40. The van der Waals surface area contributed by atoms with Crippen molar-refractivity contribution in [1.82, 2.24) is 30.0 Å². The number of aliphatic hydroxyl groups excluding tert-OH is 1. The van der Waals surface area contributed by atoms with E-state index in [1.54, 1.807) is 50.4 Å². The van der Waals surface area contributed by atoms with Crippen molar-refractivity contribution < 1.29 is 33.8 Å². The summed E-state index contributed by atoms with van der Waals surface area (Å²) in [4.78, 5) is 73.9. The molecule has 0 bridgehead atoms. The van der Waals surface area contributed by atoms with Crippen LogP contribution in [-0.4, -0.2) is 107 Å². The summed E-state index contributed by atoms with van der Waals surface area (Å²) in [6, 6.07) is 10.1. The molecule has 56 heavy (non-hydrogen) atoms. The summed E-state index contributed by atoms with van der Waals surface area (Å²) in [5, 5.41) is 17.4. The van der Waals surface area contributed by atoms with Gasteiger partial charge < -0.3 is 34.7 Å². The molecule has 15 nitrogen and oxygen atoms in total. The fourth-order valence-corrected chi connectivity index (χ4v) is 8.66. The van der Waals surface area contributed by atoms with E-state index in [1.165, 1.54) is 0 Å². The quantitative estimate of drug-likeness (QED) is 0.203. The number of ether oxygens (including phenoxy) is 2. The number of hydrogen-bond donors (Lipinski definition) is 3. The Hall–Kier alpha value is -5.80. The number of nitrogens with one attached hydrogen (secondary N) is 2. The predicted molar refractivity (Wildman–Crippen MR) is 206 cm³/mol. The van der Waals surface area contributed by atoms with Crippen LogP contribution in [0.5, 0.6) is 11.5 Å². The molecule has 3 fully saturated rings. The Morgan fingerprint density at radius 3 is 2.43 bits per heavy atom. The number of aliphatic hydroxyl groups is 1. The molecule has 4 aliphatic rings. The Morgan fingerprint density at radius 2 is 1.70 bits per heavy atom. The van der Waals surface area contributed by atoms with Crippen molar-refractivity contribution in [3.8, 4) is 22.6 Å². The Labute approximate surface area is 323 Å². The number of imide groups is 1. The van der Waals surface area contributed by atoms with Crippen LogP contribution in [0.1, 0.15) is 58.4 Å². The monoisotopic (exact) mass is 763 g/mol. The van der Waals surface area contributed by atoms with E-state index in [4.69, 9.17) is 9.47 Å². The van der Waals surface area contributed by atoms with Crippen LogP contribution >= 0.6 is 0 Å². The maximum atomic E-state index is 13.4. The summed E-state index contributed by atoms with van der Waals surface area (Å²) in [6.07, 6.45) is 6.19. The molecule has 6 heterocycles. The number of piperidine rings is 2. The van der Waals surface area contributed by atoms with E-state index < -0.39 is 24.1 Å². The molecule has 3 saturated heterocycles. The number of aromatic nitrogens is 2. The third-order valence-electron chi connectivity index (χ3n) is 11.5. The zero-order valence-corrected chi connectivity index (χ0v) is 31.6. The van der Waals surface area contributed by atoms with Gasteiger partial charge in [-0.05, 0) is 72.5 Å². The molecule has 15 heteroatoms. The van der Waals surface area contributed by atoms with E-state index in [0.717, 1.165) is 65.1 Å². The van der Waals surface area contributed by atoms with Crippen molar-refractivity contribution in [2.45, 2.75) is 57.0 Å². The zero-order valence-electron chi connectivity index (χ0n) is 31.6. The van der Waals surface area contributed by atoms with Crippen molar-refractivity contribution >= 4 is 40.1 Å². The van der Waals surface area contributed by atoms with Gasteiger partial charge in [-0.25, -0.2) is 0 Å². The van der Waals surface area contributed by atoms with E-state index in [-0.39, 0.29) is 53.3 Å². The van der Waals surface area contributed by atoms with Gasteiger partial charge in [-0.15, -0.1) is 0 Å². The molecule has 2 aromatic carbocycles. The number of likely N-dealkylation sites (tertiary alicyclic amines) is 1. The average Bonchev–Trinajstić information content (AvgIpc) is 3.43. The van der Waals surface area contributed by atoms with Crippen molar-refractivity contribution in [3.63, 3.8) is 0 Å². The van der Waals surface area contributed by atoms with E-state index in [9.17, 15) is 29.1 Å². The lowest BCUT2D eigenvalue weighted by Gasteiger charge is -2.40. The minimum atomic E-state index is -1.31. The largest absolute Gasteiger partial charge is 0.496 e. The second-order valence-electron chi connectivity index (χ2n) is 15.2. The number of aryl methyl sites for hydroxylation is 1. The van der Waals surface area contributed by atoms with Crippen LogP contribution in [0.2, 0.25) is 0 Å². The molecule has 0 saturated carbocycles. The minimum Gasteiger partial charge on any atom is -0.496 e. The van der Waals surface area contributed by atoms with E-state index in [1.807, 2.05) is 30.5 Å². The molecule has 2 aromatic heterocycles. The first-order valence-electron chi connectivity index (χ1n) is 19.0. The smallest absolute Gasteiger partial charge is 0.262 e. The maximum absolute atomic E-state index is 13.4. The van der Waals surface area contributed by atoms with Gasteiger partial charge in [0.15, 0.2) is 0 Å². The number of benzene rings is 2. The minimum absolute atomic E-state index is 0.00389. The Bertz CT molecular complexity index is 2280. The average molecular weight is 764 g/mol. The first kappa shape index (κ1) is 37.1. The van der Waals surface area contributed by atoms with Crippen LogP contribution in [0.4, 0.5) is 5.69 Å². The molecular weight excluding hydrogens is 718 g/mol. The van der Waals surface area contributed by atoms with Crippen LogP contribution in [0, 0.1) is 5.92 Å². The lowest BCUT2D eigenvalue weighted by Crippen LogP contribution is -2.57. The van der Waals surface area contributed by atoms with E-state index in [0.29, 0.717) is 36.4 Å². The van der Waals surface area contributed by atoms with Gasteiger partial charge >= 0.3 is 0 Å². The molecule has 0 aliphatic carbocycles. The number of nitrogens with zero attached hydrogens (tertiary/aromatic N) is 5. The summed E-state index contributed by atoms with van der Waals surface area (Å²) in [5.74, 6) is 0.283. The highest BCUT2D eigenvalue weighted by Gasteiger charge is 2.44. The summed E-state index contributed by atoms with van der Waals surface area (Å²) < 4.78 is 13.3. The van der Waals surface area contributed by atoms with Gasteiger partial charge in [-0.1, -0.05) is 0 Å². The maximum Gasteiger partial charge on any atom is 0.262 e. The number of fused-ring (bicyclic) bond motifs is 2. The van der Waals surface area contributed by atoms with E-state index in [2.05, 4.69) is 25.4 Å². The number of anilines is 1. The number of hydrogen-bond acceptors (Lipinski definition) is 11. The highest BCUT2D eigenvalue weighted by molar-refractivity contribution is 6.22. The molecule has 4 aromatic rings. The van der Waals surface area contributed by atoms with Crippen molar-refractivity contribution in [3.05, 3.63) is 82.0 Å². The second-order valence-corrected chi connectivity index (χ2v) is 15.2. The van der Waals surface area contributed by atoms with Crippen LogP contribution in [0.3, 0.4) is 0 Å². The normalized spacial score (nSPS) is 21.5. The fraction of sp³-hybridized carbons (Fsp3) is 0.415. The molecule has 4 amide bonds. The van der Waals surface area contributed by atoms with Gasteiger partial charge in [0.1, 0.15) is 17.7 Å². The molecular formula is C41H45N7O8. The predicted octanol–water partition coefficient (Wildman–Crippen LogP) is 2.42. The second kappa shape index (κ2) is 15.0. The highest BCUT2D eigenvalue weighted by atomic mass is 16.5. The summed E-state index contributed by atoms with van der Waals surface area (Å²) in [5.41, 5.74) is 3.85. The van der Waals surface area contributed by atoms with Crippen molar-refractivity contribution in [1.29, 1.82) is 0 Å². The van der Waals surface area contributed by atoms with Gasteiger partial charge in [0.2, 0.25) is 11.8 Å². The van der Waals surface area contributed by atoms with Gasteiger partial charge in [0, 0.05) is 88.5 Å². The number of carbonyl (C=O) groups excluding carboxylic acids is 4. The van der Waals surface area contributed by atoms with Crippen LogP contribution < -0.4 is 30.6 Å². The molecule has 0 radical (unpaired) electrons. The van der Waals surface area contributed by atoms with Gasteiger partial charge in [-0.3, -0.25) is 38.8 Å². The Kier molecular flexibility index (Phi) is 9.97. The number of rotatable bonds is 10. The lowest BCUT2D eigenvalue weighted by atomic mass is 9.93. The molecule has 4 aliphatic heterocycles. The van der Waals surface area contributed by atoms with E-state index >= 15 is 0 Å². The Morgan fingerprint density at radius 1 is 0.946 bits per heavy atom. The number of methoxy groups -OCH3 is 2. The molecule has 3 atom stereocenters. The van der Waals surface area contributed by atoms with Gasteiger partial charge in [0.05, 0.1) is 42.3 Å². The van der Waals surface area contributed by atoms with Gasteiger partial charge in [0.25, 0.3) is 17.4 Å². The summed E-state index contributed by atoms with van der Waals surface area (Å²) >= 11 is 0. The lowest BCUT2D eigenvalue weighted by molar-refractivity contribution is -0.129. The third kappa shape index (κ3) is 6.85. The van der Waals surface area contributed by atoms with Crippen molar-refractivity contribution in [2.75, 3.05) is 45.3 Å². The van der Waals surface area contributed by atoms with Gasteiger partial charge in [-0.2, -0.15) is 0 Å². The number of amides is 4. The molecule has 0 spiro atoms. The number of pyridine rings is 2. The summed E-state index contributed by atoms with van der Waals surface area (Å²) in [7, 11) is 4.98. The fourth-order valence-electron chi connectivity index (χ4n) is 8.66. The zero-order chi connectivity index (χ0) is 39.2. The topological polar surface area (TPSA) is 176 Å². The molecule has 292 valence electrons. The highest BCUT2D eigenvalue weighted by Crippen LogP contribution is 2.39. The third-order valence-corrected chi connectivity index (χ3v) is 11.5. The molecule has 3 N–H and O–H groups in total. The first-order chi connectivity index (χ1) is 27.0. The molecule has 8 rings (SSSR count). The van der Waals surface area contributed by atoms with Crippen molar-refractivity contribution in [2.24, 2.45) is 13.0 Å². The molecule has 3 unspecified atom stereocenters.